The molecule has 0 aliphatic carbocycles. The average Bonchev–Trinajstić information content (AvgIpc) is 2.35. The Morgan fingerprint density at radius 3 is 2.88 bits per heavy atom. The van der Waals surface area contributed by atoms with E-state index in [9.17, 15) is 10.1 Å². The number of thioether (sulfide) groups is 1. The van der Waals surface area contributed by atoms with Crippen LogP contribution in [-0.4, -0.2) is 22.4 Å². The van der Waals surface area contributed by atoms with Gasteiger partial charge in [0.15, 0.2) is 0 Å². The molecule has 0 radical (unpaired) electrons. The number of nitro groups is 1. The molecule has 6 heteroatoms. The Balaban J connectivity index is 2.86. The maximum absolute atomic E-state index is 10.7. The summed E-state index contributed by atoms with van der Waals surface area (Å²) in [5, 5.41) is 28.3. The Bertz CT molecular complexity index is 457. The van der Waals surface area contributed by atoms with E-state index in [1.165, 1.54) is 23.9 Å². The maximum atomic E-state index is 10.7. The Morgan fingerprint density at radius 1 is 1.65 bits per heavy atom. The predicted molar refractivity (Wildman–Crippen MR) is 64.8 cm³/mol. The highest BCUT2D eigenvalue weighted by atomic mass is 32.2. The summed E-state index contributed by atoms with van der Waals surface area (Å²) in [6.07, 6.45) is 0. The predicted octanol–water partition coefficient (Wildman–Crippen LogP) is 2.19. The van der Waals surface area contributed by atoms with Gasteiger partial charge in [0.05, 0.1) is 4.92 Å². The van der Waals surface area contributed by atoms with Crippen LogP contribution in [0.2, 0.25) is 0 Å². The van der Waals surface area contributed by atoms with E-state index in [0.29, 0.717) is 5.75 Å². The molecule has 0 bridgehead atoms. The Kier molecular flexibility index (Phi) is 4.94. The van der Waals surface area contributed by atoms with E-state index in [2.05, 4.69) is 0 Å². The van der Waals surface area contributed by atoms with Crippen molar-refractivity contribution in [3.05, 3.63) is 33.9 Å². The smallest absolute Gasteiger partial charge is 0.288 e. The molecule has 0 aliphatic rings. The molecule has 1 aromatic carbocycles. The van der Waals surface area contributed by atoms with E-state index in [1.807, 2.05) is 6.92 Å². The summed E-state index contributed by atoms with van der Waals surface area (Å²) in [5.74, 6) is 0.814. The first-order valence-electron chi connectivity index (χ1n) is 5.00. The molecule has 1 unspecified atom stereocenters. The van der Waals surface area contributed by atoms with Gasteiger partial charge in [-0.25, -0.2) is 0 Å². The maximum Gasteiger partial charge on any atom is 0.288 e. The topological polar surface area (TPSA) is 87.2 Å². The van der Waals surface area contributed by atoms with Crippen LogP contribution in [0, 0.1) is 27.4 Å². The molecule has 0 saturated heterocycles. The molecule has 5 nitrogen and oxygen atoms in total. The number of aliphatic hydroxyl groups is 1. The minimum atomic E-state index is -0.557. The van der Waals surface area contributed by atoms with Crippen LogP contribution in [0.4, 0.5) is 5.69 Å². The molecule has 0 heterocycles. The van der Waals surface area contributed by atoms with Gasteiger partial charge in [-0.15, -0.1) is 11.8 Å². The molecule has 0 amide bonds. The fourth-order valence-electron chi connectivity index (χ4n) is 1.14. The lowest BCUT2D eigenvalue weighted by Crippen LogP contribution is -2.03. The van der Waals surface area contributed by atoms with Crippen molar-refractivity contribution in [1.82, 2.24) is 0 Å². The summed E-state index contributed by atoms with van der Waals surface area (Å²) in [5.41, 5.74) is -0.108. The molecule has 0 saturated carbocycles. The third kappa shape index (κ3) is 3.73. The van der Waals surface area contributed by atoms with E-state index in [1.54, 1.807) is 12.1 Å². The Hall–Kier alpha value is -1.58. The SMILES string of the molecule is CC(CO)CSc1ccc(C#N)c([N+](=O)[O-])c1. The number of aliphatic hydroxyl groups excluding tert-OH is 1. The number of hydrogen-bond donors (Lipinski definition) is 1. The van der Waals surface area contributed by atoms with Gasteiger partial charge in [-0.05, 0) is 18.1 Å². The number of hydrogen-bond acceptors (Lipinski definition) is 5. The van der Waals surface area contributed by atoms with Crippen LogP contribution in [-0.2, 0) is 0 Å². The molecular formula is C11H12N2O3S. The lowest BCUT2D eigenvalue weighted by Gasteiger charge is -2.07. The Labute approximate surface area is 103 Å². The molecule has 90 valence electrons. The minimum absolute atomic E-state index is 0.0644. The summed E-state index contributed by atoms with van der Waals surface area (Å²) < 4.78 is 0. The summed E-state index contributed by atoms with van der Waals surface area (Å²) in [4.78, 5) is 10.9. The summed E-state index contributed by atoms with van der Waals surface area (Å²) >= 11 is 1.43. The van der Waals surface area contributed by atoms with Crippen molar-refractivity contribution in [3.8, 4) is 6.07 Å². The highest BCUT2D eigenvalue weighted by Crippen LogP contribution is 2.27. The largest absolute Gasteiger partial charge is 0.396 e. The van der Waals surface area contributed by atoms with Crippen LogP contribution < -0.4 is 0 Å². The first kappa shape index (κ1) is 13.5. The van der Waals surface area contributed by atoms with E-state index in [4.69, 9.17) is 10.4 Å². The molecule has 1 rings (SSSR count). The molecular weight excluding hydrogens is 240 g/mol. The number of nitriles is 1. The fourth-order valence-corrected chi connectivity index (χ4v) is 2.08. The van der Waals surface area contributed by atoms with Gasteiger partial charge in [-0.3, -0.25) is 10.1 Å². The van der Waals surface area contributed by atoms with Crippen LogP contribution in [0.15, 0.2) is 23.1 Å². The van der Waals surface area contributed by atoms with Crippen molar-refractivity contribution in [3.63, 3.8) is 0 Å². The van der Waals surface area contributed by atoms with E-state index in [-0.39, 0.29) is 23.8 Å². The van der Waals surface area contributed by atoms with Gasteiger partial charge in [0.2, 0.25) is 0 Å². The number of nitro benzene ring substituents is 1. The van der Waals surface area contributed by atoms with Crippen molar-refractivity contribution in [2.75, 3.05) is 12.4 Å². The summed E-state index contributed by atoms with van der Waals surface area (Å²) in [6, 6.07) is 6.31. The van der Waals surface area contributed by atoms with Crippen molar-refractivity contribution in [2.45, 2.75) is 11.8 Å². The lowest BCUT2D eigenvalue weighted by atomic mass is 10.2. The Morgan fingerprint density at radius 2 is 2.35 bits per heavy atom. The zero-order valence-electron chi connectivity index (χ0n) is 9.29. The van der Waals surface area contributed by atoms with Crippen LogP contribution in [0.25, 0.3) is 0 Å². The zero-order chi connectivity index (χ0) is 12.8. The molecule has 1 aromatic rings. The van der Waals surface area contributed by atoms with Crippen LogP contribution in [0.1, 0.15) is 12.5 Å². The number of benzene rings is 1. The molecule has 1 N–H and O–H groups in total. The van der Waals surface area contributed by atoms with Gasteiger partial charge in [0.1, 0.15) is 11.6 Å². The second-order valence-electron chi connectivity index (χ2n) is 3.65. The monoisotopic (exact) mass is 252 g/mol. The van der Waals surface area contributed by atoms with Crippen molar-refractivity contribution in [1.29, 1.82) is 5.26 Å². The number of nitrogens with zero attached hydrogens (tertiary/aromatic N) is 2. The average molecular weight is 252 g/mol. The van der Waals surface area contributed by atoms with E-state index >= 15 is 0 Å². The van der Waals surface area contributed by atoms with E-state index < -0.39 is 4.92 Å². The van der Waals surface area contributed by atoms with Gasteiger partial charge < -0.3 is 5.11 Å². The van der Waals surface area contributed by atoms with Crippen molar-refractivity contribution < 1.29 is 10.0 Å². The van der Waals surface area contributed by atoms with Gasteiger partial charge in [0, 0.05) is 23.3 Å². The standard InChI is InChI=1S/C11H12N2O3S/c1-8(6-14)7-17-10-3-2-9(5-12)11(4-10)13(15)16/h2-4,8,14H,6-7H2,1H3. The second kappa shape index (κ2) is 6.23. The van der Waals surface area contributed by atoms with Gasteiger partial charge in [-0.2, -0.15) is 5.26 Å². The van der Waals surface area contributed by atoms with Crippen LogP contribution in [0.5, 0.6) is 0 Å². The molecule has 0 spiro atoms. The van der Waals surface area contributed by atoms with Gasteiger partial charge >= 0.3 is 0 Å². The first-order valence-corrected chi connectivity index (χ1v) is 5.99. The lowest BCUT2D eigenvalue weighted by molar-refractivity contribution is -0.385. The van der Waals surface area contributed by atoms with Crippen LogP contribution in [0.3, 0.4) is 0 Å². The number of rotatable bonds is 5. The van der Waals surface area contributed by atoms with Gasteiger partial charge in [-0.1, -0.05) is 6.92 Å². The molecule has 0 fully saturated rings. The van der Waals surface area contributed by atoms with E-state index in [0.717, 1.165) is 4.90 Å². The molecule has 0 aliphatic heterocycles. The highest BCUT2D eigenvalue weighted by molar-refractivity contribution is 7.99. The highest BCUT2D eigenvalue weighted by Gasteiger charge is 2.14. The van der Waals surface area contributed by atoms with Crippen LogP contribution >= 0.6 is 11.8 Å². The fraction of sp³-hybridized carbons (Fsp3) is 0.364. The minimum Gasteiger partial charge on any atom is -0.396 e. The molecule has 1 atom stereocenters. The van der Waals surface area contributed by atoms with Gasteiger partial charge in [0.25, 0.3) is 5.69 Å². The molecule has 17 heavy (non-hydrogen) atoms. The van der Waals surface area contributed by atoms with Crippen molar-refractivity contribution >= 4 is 17.4 Å². The first-order chi connectivity index (χ1) is 8.08. The zero-order valence-corrected chi connectivity index (χ0v) is 10.1. The van der Waals surface area contributed by atoms with Crippen molar-refractivity contribution in [2.24, 2.45) is 5.92 Å². The summed E-state index contributed by atoms with van der Waals surface area (Å²) in [6.45, 7) is 1.98. The third-order valence-electron chi connectivity index (χ3n) is 2.13. The normalized spacial score (nSPS) is 11.8. The third-order valence-corrected chi connectivity index (χ3v) is 3.46. The summed E-state index contributed by atoms with van der Waals surface area (Å²) in [7, 11) is 0. The second-order valence-corrected chi connectivity index (χ2v) is 4.74. The quantitative estimate of drug-likeness (QED) is 0.493. The molecule has 0 aromatic heterocycles.